The summed E-state index contributed by atoms with van der Waals surface area (Å²) in [6.45, 7) is 5.40. The normalized spacial score (nSPS) is 11.8. The Hall–Kier alpha value is -1.83. The molecule has 0 bridgehead atoms. The van der Waals surface area contributed by atoms with Gasteiger partial charge in [0, 0.05) is 6.07 Å². The van der Waals surface area contributed by atoms with E-state index in [1.807, 2.05) is 0 Å². The second kappa shape index (κ2) is 7.63. The van der Waals surface area contributed by atoms with E-state index >= 15 is 0 Å². The van der Waals surface area contributed by atoms with Gasteiger partial charge in [0.1, 0.15) is 23.7 Å². The van der Waals surface area contributed by atoms with Crippen molar-refractivity contribution in [1.82, 2.24) is 5.32 Å². The summed E-state index contributed by atoms with van der Waals surface area (Å²) in [5.74, 6) is -0.270. The highest BCUT2D eigenvalue weighted by molar-refractivity contribution is 6.32. The molecule has 130 valence electrons. The standard InChI is InChI=1S/C14H17ClF3NO4/c1-13(2,3)23-12(20)19-6-7-21-11-5-4-9(8-10(11)15)22-14(16,17)18/h4-5,8H,6-7H2,1-3H3,(H,19,20). The van der Waals surface area contributed by atoms with E-state index in [2.05, 4.69) is 10.1 Å². The van der Waals surface area contributed by atoms with Crippen molar-refractivity contribution in [3.63, 3.8) is 0 Å². The summed E-state index contributed by atoms with van der Waals surface area (Å²) in [7, 11) is 0. The molecule has 9 heteroatoms. The lowest BCUT2D eigenvalue weighted by atomic mass is 10.2. The summed E-state index contributed by atoms with van der Waals surface area (Å²) < 4.78 is 50.2. The fraction of sp³-hybridized carbons (Fsp3) is 0.500. The van der Waals surface area contributed by atoms with Crippen LogP contribution in [0, 0.1) is 0 Å². The number of alkyl halides is 3. The molecule has 1 amide bonds. The molecule has 0 aromatic heterocycles. The molecule has 0 spiro atoms. The summed E-state index contributed by atoms with van der Waals surface area (Å²) >= 11 is 5.80. The first-order valence-corrected chi connectivity index (χ1v) is 6.99. The highest BCUT2D eigenvalue weighted by Gasteiger charge is 2.31. The van der Waals surface area contributed by atoms with E-state index in [4.69, 9.17) is 21.1 Å². The van der Waals surface area contributed by atoms with Crippen LogP contribution in [-0.4, -0.2) is 31.2 Å². The van der Waals surface area contributed by atoms with Crippen molar-refractivity contribution < 1.29 is 32.2 Å². The fourth-order valence-corrected chi connectivity index (χ4v) is 1.65. The van der Waals surface area contributed by atoms with Crippen LogP contribution in [0.3, 0.4) is 0 Å². The number of carbonyl (C=O) groups excluding carboxylic acids is 1. The van der Waals surface area contributed by atoms with Gasteiger partial charge in [0.15, 0.2) is 0 Å². The third kappa shape index (κ3) is 8.39. The number of halogens is 4. The largest absolute Gasteiger partial charge is 0.573 e. The molecule has 0 aliphatic carbocycles. The van der Waals surface area contributed by atoms with E-state index in [1.54, 1.807) is 20.8 Å². The molecule has 1 rings (SSSR count). The molecule has 1 aromatic rings. The topological polar surface area (TPSA) is 56.8 Å². The molecule has 0 heterocycles. The average Bonchev–Trinajstić information content (AvgIpc) is 2.32. The van der Waals surface area contributed by atoms with Crippen molar-refractivity contribution in [3.8, 4) is 11.5 Å². The van der Waals surface area contributed by atoms with Gasteiger partial charge in [0.2, 0.25) is 0 Å². The van der Waals surface area contributed by atoms with Crippen LogP contribution in [0.25, 0.3) is 0 Å². The van der Waals surface area contributed by atoms with Gasteiger partial charge in [-0.05, 0) is 32.9 Å². The summed E-state index contributed by atoms with van der Waals surface area (Å²) in [4.78, 5) is 11.4. The molecule has 0 atom stereocenters. The smallest absolute Gasteiger partial charge is 0.490 e. The van der Waals surface area contributed by atoms with Crippen LogP contribution in [0.4, 0.5) is 18.0 Å². The van der Waals surface area contributed by atoms with Crippen molar-refractivity contribution in [1.29, 1.82) is 0 Å². The monoisotopic (exact) mass is 355 g/mol. The van der Waals surface area contributed by atoms with Crippen LogP contribution < -0.4 is 14.8 Å². The molecule has 0 aliphatic rings. The highest BCUT2D eigenvalue weighted by Crippen LogP contribution is 2.31. The van der Waals surface area contributed by atoms with Crippen molar-refractivity contribution in [2.75, 3.05) is 13.2 Å². The Bertz CT molecular complexity index is 544. The fourth-order valence-electron chi connectivity index (χ4n) is 1.42. The van der Waals surface area contributed by atoms with Crippen LogP contribution in [0.15, 0.2) is 18.2 Å². The molecule has 5 nitrogen and oxygen atoms in total. The van der Waals surface area contributed by atoms with Gasteiger partial charge in [0.05, 0.1) is 11.6 Å². The SMILES string of the molecule is CC(C)(C)OC(=O)NCCOc1ccc(OC(F)(F)F)cc1Cl. The second-order valence-corrected chi connectivity index (χ2v) is 5.82. The molecule has 1 aromatic carbocycles. The number of alkyl carbamates (subject to hydrolysis) is 1. The molecule has 0 saturated carbocycles. The van der Waals surface area contributed by atoms with E-state index < -0.39 is 23.8 Å². The summed E-state index contributed by atoms with van der Waals surface area (Å²) in [6.07, 6.45) is -5.38. The van der Waals surface area contributed by atoms with E-state index in [9.17, 15) is 18.0 Å². The number of nitrogens with one attached hydrogen (secondary N) is 1. The zero-order chi connectivity index (χ0) is 17.7. The van der Waals surface area contributed by atoms with Gasteiger partial charge in [-0.25, -0.2) is 4.79 Å². The maximum Gasteiger partial charge on any atom is 0.573 e. The molecular weight excluding hydrogens is 339 g/mol. The molecule has 0 fully saturated rings. The Morgan fingerprint density at radius 2 is 1.91 bits per heavy atom. The average molecular weight is 356 g/mol. The molecule has 0 radical (unpaired) electrons. The van der Waals surface area contributed by atoms with E-state index in [0.717, 1.165) is 12.1 Å². The van der Waals surface area contributed by atoms with Gasteiger partial charge in [-0.3, -0.25) is 0 Å². The number of hydrogen-bond acceptors (Lipinski definition) is 4. The van der Waals surface area contributed by atoms with E-state index in [1.165, 1.54) is 6.07 Å². The predicted octanol–water partition coefficient (Wildman–Crippen LogP) is 4.14. The van der Waals surface area contributed by atoms with Crippen molar-refractivity contribution in [2.24, 2.45) is 0 Å². The number of rotatable bonds is 5. The van der Waals surface area contributed by atoms with Crippen LogP contribution in [0.5, 0.6) is 11.5 Å². The Kier molecular flexibility index (Phi) is 6.37. The zero-order valence-electron chi connectivity index (χ0n) is 12.8. The zero-order valence-corrected chi connectivity index (χ0v) is 13.5. The van der Waals surface area contributed by atoms with Gasteiger partial charge < -0.3 is 19.5 Å². The van der Waals surface area contributed by atoms with Crippen molar-refractivity contribution in [3.05, 3.63) is 23.2 Å². The van der Waals surface area contributed by atoms with Gasteiger partial charge in [0.25, 0.3) is 0 Å². The lowest BCUT2D eigenvalue weighted by Crippen LogP contribution is -2.34. The lowest BCUT2D eigenvalue weighted by molar-refractivity contribution is -0.274. The van der Waals surface area contributed by atoms with Gasteiger partial charge in [-0.15, -0.1) is 13.2 Å². The minimum Gasteiger partial charge on any atom is -0.490 e. The van der Waals surface area contributed by atoms with Crippen LogP contribution in [0.1, 0.15) is 20.8 Å². The minimum atomic E-state index is -4.79. The van der Waals surface area contributed by atoms with Crippen LogP contribution in [0.2, 0.25) is 5.02 Å². The van der Waals surface area contributed by atoms with E-state index in [0.29, 0.717) is 0 Å². The van der Waals surface area contributed by atoms with Crippen LogP contribution in [-0.2, 0) is 4.74 Å². The first-order chi connectivity index (χ1) is 10.5. The van der Waals surface area contributed by atoms with Crippen molar-refractivity contribution >= 4 is 17.7 Å². The number of hydrogen-bond donors (Lipinski definition) is 1. The maximum absolute atomic E-state index is 12.1. The first kappa shape index (κ1) is 19.2. The van der Waals surface area contributed by atoms with Crippen LogP contribution >= 0.6 is 11.6 Å². The molecule has 0 aliphatic heterocycles. The number of carbonyl (C=O) groups is 1. The first-order valence-electron chi connectivity index (χ1n) is 6.61. The van der Waals surface area contributed by atoms with Gasteiger partial charge in [-0.2, -0.15) is 0 Å². The van der Waals surface area contributed by atoms with Crippen molar-refractivity contribution in [2.45, 2.75) is 32.7 Å². The number of amides is 1. The Labute approximate surface area is 136 Å². The van der Waals surface area contributed by atoms with E-state index in [-0.39, 0.29) is 23.9 Å². The second-order valence-electron chi connectivity index (χ2n) is 5.42. The Morgan fingerprint density at radius 1 is 1.26 bits per heavy atom. The van der Waals surface area contributed by atoms with Gasteiger partial charge >= 0.3 is 12.5 Å². The minimum absolute atomic E-state index is 0.0379. The summed E-state index contributed by atoms with van der Waals surface area (Å²) in [5.41, 5.74) is -0.609. The van der Waals surface area contributed by atoms with Gasteiger partial charge in [-0.1, -0.05) is 11.6 Å². The third-order valence-electron chi connectivity index (χ3n) is 2.16. The maximum atomic E-state index is 12.1. The Morgan fingerprint density at radius 3 is 2.43 bits per heavy atom. The summed E-state index contributed by atoms with van der Waals surface area (Å²) in [5, 5.41) is 2.43. The third-order valence-corrected chi connectivity index (χ3v) is 2.46. The highest BCUT2D eigenvalue weighted by atomic mass is 35.5. The number of ether oxygens (including phenoxy) is 3. The lowest BCUT2D eigenvalue weighted by Gasteiger charge is -2.19. The molecule has 0 unspecified atom stereocenters. The summed E-state index contributed by atoms with van der Waals surface area (Å²) in [6, 6.07) is 3.32. The molecule has 23 heavy (non-hydrogen) atoms. The molecular formula is C14H17ClF3NO4. The molecule has 0 saturated heterocycles. The number of benzene rings is 1. The quantitative estimate of drug-likeness (QED) is 0.806. The predicted molar refractivity (Wildman–Crippen MR) is 77.9 cm³/mol. The molecule has 1 N–H and O–H groups in total. The Balaban J connectivity index is 2.42.